The molecule has 0 aliphatic heterocycles. The summed E-state index contributed by atoms with van der Waals surface area (Å²) in [7, 11) is -15.2. The number of nitrogens with zero attached hydrogens (tertiary/aromatic N) is 4. The fourth-order valence-corrected chi connectivity index (χ4v) is 5.99. The molecule has 24 heteroatoms. The van der Waals surface area contributed by atoms with Gasteiger partial charge in [0, 0.05) is 94.1 Å². The number of nitrogens with one attached hydrogen (secondary N) is 1. The van der Waals surface area contributed by atoms with Crippen LogP contribution in [0.2, 0.25) is 15.5 Å². The maximum atomic E-state index is 12.3. The van der Waals surface area contributed by atoms with Crippen LogP contribution in [0.4, 0.5) is 22.9 Å². The number of hydrogen-bond donors (Lipinski definition) is 5. The van der Waals surface area contributed by atoms with E-state index >= 15 is 0 Å². The standard InChI is InChI=1S/C20H12Cl3N5O10S3.3Na/c21-15-18(22)25-20(23)26-19(15)24-10-5-6-11(39(30,31)32)8-7-13(41(36,37)38)16(17(29)14(8)10)28-27-9-3-1-2-4-12(9)40(33,34)35;;;/h1-7,29H,(H,24,25,26)(H,30,31,32)(H,33,34,35)(H,36,37,38);;;. The molecule has 5 N–H and O–H groups in total. The van der Waals surface area contributed by atoms with E-state index in [1.54, 1.807) is 0 Å². The molecule has 1 aromatic heterocycles. The first kappa shape index (κ1) is 41.8. The van der Waals surface area contributed by atoms with Gasteiger partial charge in [-0.05, 0) is 41.9 Å². The summed E-state index contributed by atoms with van der Waals surface area (Å²) >= 11 is 17.8. The molecule has 0 saturated heterocycles. The molecule has 4 rings (SSSR count). The Morgan fingerprint density at radius 3 is 1.86 bits per heavy atom. The molecule has 3 aromatic carbocycles. The number of aromatic nitrogens is 2. The van der Waals surface area contributed by atoms with E-state index in [4.69, 9.17) is 34.8 Å². The van der Waals surface area contributed by atoms with E-state index in [1.165, 1.54) is 12.1 Å². The van der Waals surface area contributed by atoms with E-state index in [0.29, 0.717) is 6.07 Å². The number of anilines is 2. The van der Waals surface area contributed by atoms with Crippen molar-refractivity contribution in [2.24, 2.45) is 10.2 Å². The van der Waals surface area contributed by atoms with Crippen molar-refractivity contribution in [3.8, 4) is 5.75 Å². The molecule has 219 valence electrons. The van der Waals surface area contributed by atoms with Crippen molar-refractivity contribution in [3.05, 3.63) is 57.9 Å². The summed E-state index contributed by atoms with van der Waals surface area (Å²) in [5.74, 6) is -1.38. The van der Waals surface area contributed by atoms with Gasteiger partial charge in [0.15, 0.2) is 16.7 Å². The normalized spacial score (nSPS) is 11.9. The number of halogens is 3. The van der Waals surface area contributed by atoms with Crippen LogP contribution >= 0.6 is 34.8 Å². The maximum Gasteiger partial charge on any atom is 0.296 e. The number of aromatic hydroxyl groups is 1. The molecular weight excluding hydrogens is 742 g/mol. The smallest absolute Gasteiger partial charge is 0.296 e. The van der Waals surface area contributed by atoms with Crippen molar-refractivity contribution >= 4 is 187 Å². The first-order valence-corrected chi connectivity index (χ1v) is 15.8. The number of fused-ring (bicyclic) bond motifs is 1. The van der Waals surface area contributed by atoms with Gasteiger partial charge in [0.1, 0.15) is 31.1 Å². The van der Waals surface area contributed by atoms with E-state index in [-0.39, 0.29) is 116 Å². The molecule has 0 fully saturated rings. The van der Waals surface area contributed by atoms with Crippen LogP contribution in [0.3, 0.4) is 0 Å². The molecule has 0 bridgehead atoms. The molecule has 3 radical (unpaired) electrons. The molecule has 0 unspecified atom stereocenters. The molecule has 1 heterocycles. The van der Waals surface area contributed by atoms with E-state index in [2.05, 4.69) is 25.5 Å². The number of phenols is 1. The van der Waals surface area contributed by atoms with Crippen LogP contribution in [-0.2, 0) is 30.4 Å². The molecule has 15 nitrogen and oxygen atoms in total. The molecule has 0 amide bonds. The Labute approximate surface area is 330 Å². The van der Waals surface area contributed by atoms with Gasteiger partial charge in [-0.2, -0.15) is 30.2 Å². The van der Waals surface area contributed by atoms with Gasteiger partial charge in [0.05, 0.1) is 11.1 Å². The number of phenolic OH excluding ortho intramolecular Hbond substituents is 1. The van der Waals surface area contributed by atoms with Crippen LogP contribution in [-0.4, -0.2) is 143 Å². The Balaban J connectivity index is 0.00000323. The Hall–Kier alpha value is -0.200. The average Bonchev–Trinajstić information content (AvgIpc) is 2.84. The minimum absolute atomic E-state index is 0. The summed E-state index contributed by atoms with van der Waals surface area (Å²) in [6, 6.07) is 6.98. The Morgan fingerprint density at radius 1 is 0.727 bits per heavy atom. The second-order valence-electron chi connectivity index (χ2n) is 7.77. The van der Waals surface area contributed by atoms with Crippen LogP contribution in [0.15, 0.2) is 67.4 Å². The minimum atomic E-state index is -5.30. The molecule has 4 aromatic rings. The van der Waals surface area contributed by atoms with Gasteiger partial charge in [0.25, 0.3) is 30.4 Å². The first-order chi connectivity index (χ1) is 18.9. The first-order valence-electron chi connectivity index (χ1n) is 10.3. The molecule has 0 saturated carbocycles. The van der Waals surface area contributed by atoms with Crippen LogP contribution in [0.5, 0.6) is 5.75 Å². The Kier molecular flexibility index (Phi) is 15.0. The van der Waals surface area contributed by atoms with Crippen LogP contribution in [0, 0.1) is 0 Å². The Bertz CT molecular complexity index is 2130. The zero-order valence-electron chi connectivity index (χ0n) is 22.4. The third kappa shape index (κ3) is 9.24. The van der Waals surface area contributed by atoms with Crippen LogP contribution in [0.1, 0.15) is 0 Å². The largest absolute Gasteiger partial charge is 0.505 e. The van der Waals surface area contributed by atoms with E-state index in [9.17, 15) is 44.0 Å². The molecule has 0 atom stereocenters. The second kappa shape index (κ2) is 15.8. The van der Waals surface area contributed by atoms with Crippen LogP contribution in [0.25, 0.3) is 10.8 Å². The van der Waals surface area contributed by atoms with Crippen LogP contribution < -0.4 is 5.32 Å². The summed E-state index contributed by atoms with van der Waals surface area (Å²) in [5, 5.41) is 18.9. The predicted molar refractivity (Wildman–Crippen MR) is 163 cm³/mol. The van der Waals surface area contributed by atoms with Gasteiger partial charge in [-0.1, -0.05) is 35.3 Å². The Morgan fingerprint density at radius 2 is 1.30 bits per heavy atom. The molecule has 44 heavy (non-hydrogen) atoms. The maximum absolute atomic E-state index is 12.3. The summed E-state index contributed by atoms with van der Waals surface area (Å²) in [6.45, 7) is 0. The third-order valence-corrected chi connectivity index (χ3v) is 8.75. The second-order valence-corrected chi connectivity index (χ2v) is 13.0. The minimum Gasteiger partial charge on any atom is -0.505 e. The number of hydrogen-bond acceptors (Lipinski definition) is 12. The van der Waals surface area contributed by atoms with Gasteiger partial charge in [-0.15, -0.1) is 10.2 Å². The van der Waals surface area contributed by atoms with E-state index < -0.39 is 72.9 Å². The third-order valence-electron chi connectivity index (χ3n) is 5.17. The fraction of sp³-hybridized carbons (Fsp3) is 0. The summed E-state index contributed by atoms with van der Waals surface area (Å²) < 4.78 is 101. The SMILES string of the molecule is O=S(=O)(O)c1ccccc1N=Nc1c(S(=O)(=O)O)cc2c(S(=O)(=O)O)ccc(Nc3nc(Cl)nc(Cl)c3Cl)c2c1O.[Na].[Na].[Na]. The van der Waals surface area contributed by atoms with Crippen molar-refractivity contribution in [1.82, 2.24) is 9.97 Å². The van der Waals surface area contributed by atoms with Crippen molar-refractivity contribution in [3.63, 3.8) is 0 Å². The zero-order chi connectivity index (χ0) is 30.5. The zero-order valence-corrected chi connectivity index (χ0v) is 33.1. The summed E-state index contributed by atoms with van der Waals surface area (Å²) in [5.41, 5.74) is -1.72. The van der Waals surface area contributed by atoms with Gasteiger partial charge >= 0.3 is 0 Å². The number of benzene rings is 3. The quantitative estimate of drug-likeness (QED) is 0.0589. The molecular formula is C20H12Cl3N5Na3O10S3. The van der Waals surface area contributed by atoms with E-state index in [1.807, 2.05) is 0 Å². The van der Waals surface area contributed by atoms with Gasteiger partial charge in [0.2, 0.25) is 5.28 Å². The predicted octanol–water partition coefficient (Wildman–Crippen LogP) is 4.05. The van der Waals surface area contributed by atoms with Crippen molar-refractivity contribution in [2.75, 3.05) is 5.32 Å². The van der Waals surface area contributed by atoms with Crippen molar-refractivity contribution < 1.29 is 44.0 Å². The monoisotopic (exact) mass is 752 g/mol. The molecule has 0 spiro atoms. The van der Waals surface area contributed by atoms with Gasteiger partial charge < -0.3 is 10.4 Å². The van der Waals surface area contributed by atoms with Crippen molar-refractivity contribution in [1.29, 1.82) is 0 Å². The topological polar surface area (TPSA) is 246 Å². The molecule has 0 aliphatic carbocycles. The van der Waals surface area contributed by atoms with Gasteiger partial charge in [-0.3, -0.25) is 13.7 Å². The van der Waals surface area contributed by atoms with Crippen molar-refractivity contribution in [2.45, 2.75) is 14.7 Å². The molecule has 0 aliphatic rings. The number of azo groups is 1. The fourth-order valence-electron chi connectivity index (χ4n) is 3.52. The average molecular weight is 754 g/mol. The summed E-state index contributed by atoms with van der Waals surface area (Å²) in [6.07, 6.45) is 0. The van der Waals surface area contributed by atoms with Gasteiger partial charge in [-0.25, -0.2) is 4.98 Å². The van der Waals surface area contributed by atoms with E-state index in [0.717, 1.165) is 24.3 Å². The number of rotatable bonds is 7. The summed E-state index contributed by atoms with van der Waals surface area (Å²) in [4.78, 5) is 4.65.